The van der Waals surface area contributed by atoms with Gasteiger partial charge in [0.25, 0.3) is 0 Å². The highest BCUT2D eigenvalue weighted by molar-refractivity contribution is 9.08. The van der Waals surface area contributed by atoms with E-state index in [4.69, 9.17) is 0 Å². The first kappa shape index (κ1) is 12.9. The van der Waals surface area contributed by atoms with Gasteiger partial charge in [-0.2, -0.15) is 0 Å². The van der Waals surface area contributed by atoms with Crippen LogP contribution in [-0.2, 0) is 5.33 Å². The topological polar surface area (TPSA) is 3.24 Å². The Kier molecular flexibility index (Phi) is 3.76. The summed E-state index contributed by atoms with van der Waals surface area (Å²) in [7, 11) is 0. The standard InChI is InChI=1S/C14H19BrFN/c1-14(2)5-7-17(8-6-14)13-4-3-11(10-15)9-12(13)16/h3-4,9H,5-8,10H2,1-2H3. The Labute approximate surface area is 111 Å². The number of hydrogen-bond donors (Lipinski definition) is 0. The number of rotatable bonds is 2. The molecule has 1 nitrogen and oxygen atoms in total. The van der Waals surface area contributed by atoms with Crippen molar-refractivity contribution in [3.8, 4) is 0 Å². The molecule has 0 spiro atoms. The van der Waals surface area contributed by atoms with Gasteiger partial charge in [0.1, 0.15) is 5.82 Å². The van der Waals surface area contributed by atoms with Crippen molar-refractivity contribution in [2.24, 2.45) is 5.41 Å². The van der Waals surface area contributed by atoms with Gasteiger partial charge < -0.3 is 4.90 Å². The molecule has 0 aliphatic carbocycles. The van der Waals surface area contributed by atoms with E-state index in [2.05, 4.69) is 34.7 Å². The molecule has 0 bridgehead atoms. The highest BCUT2D eigenvalue weighted by Crippen LogP contribution is 2.33. The monoisotopic (exact) mass is 299 g/mol. The van der Waals surface area contributed by atoms with Crippen molar-refractivity contribution in [3.05, 3.63) is 29.6 Å². The van der Waals surface area contributed by atoms with E-state index in [1.165, 1.54) is 0 Å². The lowest BCUT2D eigenvalue weighted by Gasteiger charge is -2.38. The highest BCUT2D eigenvalue weighted by atomic mass is 79.9. The maximum Gasteiger partial charge on any atom is 0.146 e. The molecule has 1 aliphatic rings. The Balaban J connectivity index is 2.13. The predicted molar refractivity (Wildman–Crippen MR) is 74.3 cm³/mol. The van der Waals surface area contributed by atoms with E-state index in [9.17, 15) is 4.39 Å². The molecule has 1 aromatic rings. The summed E-state index contributed by atoms with van der Waals surface area (Å²) in [6.07, 6.45) is 2.26. The van der Waals surface area contributed by atoms with Crippen LogP contribution >= 0.6 is 15.9 Å². The van der Waals surface area contributed by atoms with Crippen LogP contribution in [0.25, 0.3) is 0 Å². The van der Waals surface area contributed by atoms with Gasteiger partial charge >= 0.3 is 0 Å². The van der Waals surface area contributed by atoms with Crippen LogP contribution in [0.4, 0.5) is 10.1 Å². The van der Waals surface area contributed by atoms with Crippen molar-refractivity contribution in [1.82, 2.24) is 0 Å². The van der Waals surface area contributed by atoms with E-state index in [0.717, 1.165) is 37.2 Å². The fourth-order valence-corrected chi connectivity index (χ4v) is 2.59. The predicted octanol–water partition coefficient (Wildman–Crippen LogP) is 4.35. The van der Waals surface area contributed by atoms with Crippen LogP contribution in [0.15, 0.2) is 18.2 Å². The fourth-order valence-electron chi connectivity index (χ4n) is 2.24. The van der Waals surface area contributed by atoms with Crippen molar-refractivity contribution >= 4 is 21.6 Å². The van der Waals surface area contributed by atoms with Crippen molar-refractivity contribution in [3.63, 3.8) is 0 Å². The van der Waals surface area contributed by atoms with Crippen LogP contribution in [0.5, 0.6) is 0 Å². The molecule has 1 aliphatic heterocycles. The Bertz CT molecular complexity index is 393. The maximum absolute atomic E-state index is 14.0. The minimum atomic E-state index is -0.0957. The molecule has 1 saturated heterocycles. The molecule has 1 fully saturated rings. The molecule has 94 valence electrons. The molecular formula is C14H19BrFN. The molecule has 0 saturated carbocycles. The van der Waals surface area contributed by atoms with Gasteiger partial charge in [0, 0.05) is 18.4 Å². The number of benzene rings is 1. The average Bonchev–Trinajstić information content (AvgIpc) is 2.29. The van der Waals surface area contributed by atoms with E-state index in [1.807, 2.05) is 12.1 Å². The molecular weight excluding hydrogens is 281 g/mol. The van der Waals surface area contributed by atoms with Gasteiger partial charge in [-0.1, -0.05) is 35.8 Å². The lowest BCUT2D eigenvalue weighted by Crippen LogP contribution is -2.37. The second-order valence-corrected chi connectivity index (χ2v) is 6.13. The van der Waals surface area contributed by atoms with Crippen LogP contribution in [0.3, 0.4) is 0 Å². The van der Waals surface area contributed by atoms with Crippen LogP contribution in [-0.4, -0.2) is 13.1 Å². The lowest BCUT2D eigenvalue weighted by atomic mass is 9.82. The van der Waals surface area contributed by atoms with Gasteiger partial charge in [-0.3, -0.25) is 0 Å². The first-order valence-electron chi connectivity index (χ1n) is 6.11. The van der Waals surface area contributed by atoms with Gasteiger partial charge in [0.2, 0.25) is 0 Å². The molecule has 1 heterocycles. The number of halogens is 2. The summed E-state index contributed by atoms with van der Waals surface area (Å²) in [5, 5.41) is 0.706. The summed E-state index contributed by atoms with van der Waals surface area (Å²) in [5.74, 6) is -0.0957. The normalized spacial score (nSPS) is 19.4. The zero-order valence-corrected chi connectivity index (χ0v) is 12.1. The van der Waals surface area contributed by atoms with Gasteiger partial charge in [0.05, 0.1) is 5.69 Å². The minimum Gasteiger partial charge on any atom is -0.369 e. The van der Waals surface area contributed by atoms with Crippen molar-refractivity contribution in [1.29, 1.82) is 0 Å². The lowest BCUT2D eigenvalue weighted by molar-refractivity contribution is 0.279. The number of nitrogens with zero attached hydrogens (tertiary/aromatic N) is 1. The number of anilines is 1. The van der Waals surface area contributed by atoms with Gasteiger partial charge in [-0.25, -0.2) is 4.39 Å². The minimum absolute atomic E-state index is 0.0957. The summed E-state index contributed by atoms with van der Waals surface area (Å²) in [4.78, 5) is 2.17. The molecule has 0 atom stereocenters. The SMILES string of the molecule is CC1(C)CCN(c2ccc(CBr)cc2F)CC1. The molecule has 3 heteroatoms. The Morgan fingerprint density at radius 1 is 1.29 bits per heavy atom. The summed E-state index contributed by atoms with van der Waals surface area (Å²) >= 11 is 3.35. The summed E-state index contributed by atoms with van der Waals surface area (Å²) < 4.78 is 14.0. The summed E-state index contributed by atoms with van der Waals surface area (Å²) in [5.41, 5.74) is 2.15. The third-order valence-corrected chi connectivity index (χ3v) is 4.27. The van der Waals surface area contributed by atoms with E-state index < -0.39 is 0 Å². The van der Waals surface area contributed by atoms with E-state index in [0.29, 0.717) is 10.7 Å². The Morgan fingerprint density at radius 2 is 1.94 bits per heavy atom. The number of piperidine rings is 1. The average molecular weight is 300 g/mol. The Morgan fingerprint density at radius 3 is 2.47 bits per heavy atom. The summed E-state index contributed by atoms with van der Waals surface area (Å²) in [6, 6.07) is 5.53. The highest BCUT2D eigenvalue weighted by Gasteiger charge is 2.26. The molecule has 0 amide bonds. The third-order valence-electron chi connectivity index (χ3n) is 3.62. The van der Waals surface area contributed by atoms with Crippen LogP contribution in [0.1, 0.15) is 32.3 Å². The van der Waals surface area contributed by atoms with E-state index in [-0.39, 0.29) is 5.82 Å². The molecule has 0 aromatic heterocycles. The molecule has 1 aromatic carbocycles. The second-order valence-electron chi connectivity index (χ2n) is 5.57. The Hall–Kier alpha value is -0.570. The molecule has 0 unspecified atom stereocenters. The summed E-state index contributed by atoms with van der Waals surface area (Å²) in [6.45, 7) is 6.48. The molecule has 0 radical (unpaired) electrons. The first-order chi connectivity index (χ1) is 8.02. The zero-order valence-electron chi connectivity index (χ0n) is 10.5. The number of alkyl halides is 1. The smallest absolute Gasteiger partial charge is 0.146 e. The third kappa shape index (κ3) is 3.01. The fraction of sp³-hybridized carbons (Fsp3) is 0.571. The molecule has 2 rings (SSSR count). The molecule has 17 heavy (non-hydrogen) atoms. The van der Waals surface area contributed by atoms with E-state index >= 15 is 0 Å². The van der Waals surface area contributed by atoms with Crippen molar-refractivity contribution in [2.45, 2.75) is 32.0 Å². The van der Waals surface area contributed by atoms with E-state index in [1.54, 1.807) is 6.07 Å². The maximum atomic E-state index is 14.0. The van der Waals surface area contributed by atoms with Gasteiger partial charge in [0.15, 0.2) is 0 Å². The largest absolute Gasteiger partial charge is 0.369 e. The first-order valence-corrected chi connectivity index (χ1v) is 7.23. The number of hydrogen-bond acceptors (Lipinski definition) is 1. The van der Waals surface area contributed by atoms with Crippen molar-refractivity contribution < 1.29 is 4.39 Å². The zero-order chi connectivity index (χ0) is 12.5. The van der Waals surface area contributed by atoms with Gasteiger partial charge in [-0.05, 0) is 36.0 Å². The van der Waals surface area contributed by atoms with Crippen molar-refractivity contribution in [2.75, 3.05) is 18.0 Å². The van der Waals surface area contributed by atoms with Crippen LogP contribution in [0.2, 0.25) is 0 Å². The quantitative estimate of drug-likeness (QED) is 0.734. The van der Waals surface area contributed by atoms with Crippen LogP contribution in [0, 0.1) is 11.2 Å². The van der Waals surface area contributed by atoms with Crippen LogP contribution < -0.4 is 4.90 Å². The second kappa shape index (κ2) is 4.97. The van der Waals surface area contributed by atoms with Gasteiger partial charge in [-0.15, -0.1) is 0 Å². The molecule has 0 N–H and O–H groups in total.